The molecule has 0 aliphatic carbocycles. The number of nitrogens with zero attached hydrogens (tertiary/aromatic N) is 3. The van der Waals surface area contributed by atoms with Crippen LogP contribution < -0.4 is 52.6 Å². The zero-order valence-electron chi connectivity index (χ0n) is 48.3. The Balaban J connectivity index is 0.781. The molecule has 1 saturated heterocycles. The van der Waals surface area contributed by atoms with Crippen LogP contribution in [0.15, 0.2) is 119 Å². The van der Waals surface area contributed by atoms with Crippen LogP contribution >= 0.6 is 12.2 Å². The normalized spacial score (nSPS) is 16.8. The van der Waals surface area contributed by atoms with Crippen LogP contribution in [0, 0.1) is 5.92 Å². The number of ether oxygens (including phenoxy) is 2. The molecule has 3 aliphatic heterocycles. The number of hydrogen-bond donors (Lipinski definition) is 8. The third-order valence-corrected chi connectivity index (χ3v) is 16.9. The van der Waals surface area contributed by atoms with Crippen molar-refractivity contribution in [2.24, 2.45) is 5.92 Å². The largest absolute Gasteiger partial charge is 0.550 e. The molecule has 26 heteroatoms. The Labute approximate surface area is 506 Å². The number of thiocarbonyl (C=S) groups is 1. The van der Waals surface area contributed by atoms with E-state index in [0.717, 1.165) is 29.3 Å². The van der Waals surface area contributed by atoms with Crippen LogP contribution in [-0.2, 0) is 62.2 Å². The van der Waals surface area contributed by atoms with Crippen molar-refractivity contribution in [1.29, 1.82) is 0 Å². The number of carboxylic acids is 1. The molecule has 456 valence electrons. The van der Waals surface area contributed by atoms with E-state index in [9.17, 15) is 51.9 Å². The highest BCUT2D eigenvalue weighted by atomic mass is 32.2. The summed E-state index contributed by atoms with van der Waals surface area (Å²) in [5.74, 6) is -4.90. The number of aliphatic carboxylic acids is 1. The molecular formula is C61H66N11O13S2-. The number of nitrogens with one attached hydrogen (secondary N) is 8. The number of fused-ring (bicyclic) bond motifs is 5. The van der Waals surface area contributed by atoms with Crippen molar-refractivity contribution in [2.45, 2.75) is 121 Å². The number of unbranched alkanes of at least 4 members (excludes halogenated alkanes) is 1. The average Bonchev–Trinajstić information content (AvgIpc) is 1.77. The van der Waals surface area contributed by atoms with Crippen LogP contribution in [0.5, 0.6) is 0 Å². The van der Waals surface area contributed by atoms with Gasteiger partial charge in [0, 0.05) is 64.7 Å². The Kier molecular flexibility index (Phi) is 18.9. The Morgan fingerprint density at radius 1 is 0.828 bits per heavy atom. The van der Waals surface area contributed by atoms with Gasteiger partial charge in [0.1, 0.15) is 24.7 Å². The van der Waals surface area contributed by atoms with Crippen LogP contribution in [0.2, 0.25) is 0 Å². The predicted octanol–water partition coefficient (Wildman–Crippen LogP) is 5.86. The maximum absolute atomic E-state index is 14.4. The molecule has 0 saturated carbocycles. The van der Waals surface area contributed by atoms with Crippen molar-refractivity contribution in [3.8, 4) is 11.4 Å². The fourth-order valence-corrected chi connectivity index (χ4v) is 12.1. The van der Waals surface area contributed by atoms with Gasteiger partial charge in [-0.05, 0) is 129 Å². The fraction of sp³-hybridized carbons (Fsp3) is 0.344. The second kappa shape index (κ2) is 26.5. The van der Waals surface area contributed by atoms with E-state index in [1.807, 2.05) is 37.3 Å². The van der Waals surface area contributed by atoms with E-state index in [-0.39, 0.29) is 70.6 Å². The van der Waals surface area contributed by atoms with Crippen LogP contribution in [0.25, 0.3) is 22.3 Å². The number of sulfonamides is 1. The van der Waals surface area contributed by atoms with Crippen molar-refractivity contribution < 1.29 is 56.6 Å². The highest BCUT2D eigenvalue weighted by Gasteiger charge is 2.52. The molecule has 8 N–H and O–H groups in total. The summed E-state index contributed by atoms with van der Waals surface area (Å²) in [6.07, 6.45) is 1.67. The number of carbonyl (C=O) groups is 7. The number of aromatic nitrogens is 2. The van der Waals surface area contributed by atoms with Gasteiger partial charge in [0.2, 0.25) is 17.4 Å². The van der Waals surface area contributed by atoms with E-state index in [4.69, 9.17) is 26.7 Å². The van der Waals surface area contributed by atoms with Crippen molar-refractivity contribution in [3.05, 3.63) is 142 Å². The van der Waals surface area contributed by atoms with Crippen LogP contribution in [0.3, 0.4) is 0 Å². The monoisotopic (exact) mass is 1220 g/mol. The molecule has 4 aromatic carbocycles. The van der Waals surface area contributed by atoms with Crippen molar-refractivity contribution >= 4 is 103 Å². The SMILES string of the molecule is CCCCNC(=O)Nc1cccc(S(=O)(=O)Nc2cccc(C(CC(=O)[O-])NC(=O)Nc3ccc(NC(=S)N[C@@H](C)C(=O)N4CCC[C@H]4C(=O)N[C@H](C(=O)O[C@]4(CC)C(=O)OCc5c4cc4n(c5=O)Cc5cc6ccccc6nc5-4)C(C)C)cc3)c2)c1. The standard InChI is InChI=1S/C61H67N11O13S2/c1-6-8-25-62-58(80)65-41-16-12-18-43(29-41)87(82,83)70-42-17-11-15-37(28-42)47(31-50(73)74)68-59(81)64-39-21-23-40(24-22-39)66-60(86)63-35(5)54(76)71-26-13-20-48(71)53(75)69-51(34(3)4)56(78)85-61(7-2)45-30-49-52-38(27-36-14-9-10-19-46(36)67-52)32-72(49)55(77)44(45)33-84-57(61)79/h9-12,14-19,21-24,27-30,34-35,47-48,51,70H,6-8,13,20,25-26,31-33H2,1-5H3,(H,69,75)(H,73,74)(H2,62,65,80)(H2,63,66,86)(H2,64,68,81)/p-1/t35-,47?,48-,51-,61-/m0/s1. The first-order valence-corrected chi connectivity index (χ1v) is 30.4. The van der Waals surface area contributed by atoms with Crippen molar-refractivity contribution in [3.63, 3.8) is 0 Å². The number of esters is 2. The fourth-order valence-electron chi connectivity index (χ4n) is 10.8. The van der Waals surface area contributed by atoms with Crippen molar-refractivity contribution in [2.75, 3.05) is 33.8 Å². The number of para-hydroxylation sites is 1. The number of hydrogen-bond acceptors (Lipinski definition) is 15. The summed E-state index contributed by atoms with van der Waals surface area (Å²) < 4.78 is 42.6. The first-order valence-electron chi connectivity index (χ1n) is 28.5. The molecule has 0 radical (unpaired) electrons. The molecule has 87 heavy (non-hydrogen) atoms. The zero-order chi connectivity index (χ0) is 62.3. The van der Waals surface area contributed by atoms with E-state index in [2.05, 4.69) is 41.9 Å². The highest BCUT2D eigenvalue weighted by molar-refractivity contribution is 7.92. The van der Waals surface area contributed by atoms with Gasteiger partial charge in [-0.2, -0.15) is 0 Å². The number of carboxylic acid groups (broad SMARTS) is 1. The lowest BCUT2D eigenvalue weighted by atomic mass is 9.85. The number of rotatable bonds is 21. The summed E-state index contributed by atoms with van der Waals surface area (Å²) in [7, 11) is -4.21. The van der Waals surface area contributed by atoms with Gasteiger partial charge in [-0.3, -0.25) is 19.1 Å². The number of amides is 6. The molecule has 0 bridgehead atoms. The minimum Gasteiger partial charge on any atom is -0.550 e. The first kappa shape index (κ1) is 62.1. The maximum atomic E-state index is 14.4. The Morgan fingerprint density at radius 3 is 2.26 bits per heavy atom. The molecule has 1 unspecified atom stereocenters. The molecule has 5 heterocycles. The summed E-state index contributed by atoms with van der Waals surface area (Å²) in [5.41, 5.74) is 1.81. The molecule has 6 aromatic rings. The van der Waals surface area contributed by atoms with Crippen LogP contribution in [0.4, 0.5) is 32.3 Å². The summed E-state index contributed by atoms with van der Waals surface area (Å²) in [5, 5.41) is 32.1. The van der Waals surface area contributed by atoms with E-state index < -0.39 is 99.5 Å². The van der Waals surface area contributed by atoms with E-state index in [1.165, 1.54) is 65.6 Å². The van der Waals surface area contributed by atoms with Gasteiger partial charge in [-0.1, -0.05) is 70.5 Å². The van der Waals surface area contributed by atoms with E-state index in [1.54, 1.807) is 50.5 Å². The number of likely N-dealkylation sites (tertiary alicyclic amines) is 1. The maximum Gasteiger partial charge on any atom is 0.355 e. The predicted molar refractivity (Wildman–Crippen MR) is 325 cm³/mol. The van der Waals surface area contributed by atoms with Crippen LogP contribution in [0.1, 0.15) is 101 Å². The summed E-state index contributed by atoms with van der Waals surface area (Å²) in [6.45, 7) is 9.21. The lowest BCUT2D eigenvalue weighted by Gasteiger charge is -2.37. The second-order valence-electron chi connectivity index (χ2n) is 21.7. The Hall–Kier alpha value is -9.43. The van der Waals surface area contributed by atoms with Gasteiger partial charge >= 0.3 is 24.0 Å². The molecular weight excluding hydrogens is 1160 g/mol. The Morgan fingerprint density at radius 2 is 1.54 bits per heavy atom. The number of urea groups is 2. The molecule has 2 aromatic heterocycles. The number of carbonyl (C=O) groups excluding carboxylic acids is 7. The zero-order valence-corrected chi connectivity index (χ0v) is 49.9. The van der Waals surface area contributed by atoms with Gasteiger partial charge in [-0.25, -0.2) is 32.6 Å². The Bertz CT molecular complexity index is 3880. The van der Waals surface area contributed by atoms with E-state index >= 15 is 0 Å². The van der Waals surface area contributed by atoms with Gasteiger partial charge in [-0.15, -0.1) is 0 Å². The number of benzene rings is 4. The average molecular weight is 1230 g/mol. The number of cyclic esters (lactones) is 1. The van der Waals surface area contributed by atoms with Crippen molar-refractivity contribution in [1.82, 2.24) is 35.7 Å². The topological polar surface area (TPSA) is 330 Å². The molecule has 5 atom stereocenters. The second-order valence-corrected chi connectivity index (χ2v) is 23.8. The van der Waals surface area contributed by atoms with E-state index in [0.29, 0.717) is 35.7 Å². The number of pyridine rings is 2. The third kappa shape index (κ3) is 14.0. The molecule has 1 fully saturated rings. The molecule has 9 rings (SSSR count). The summed E-state index contributed by atoms with van der Waals surface area (Å²) in [4.78, 5) is 114. The smallest absolute Gasteiger partial charge is 0.355 e. The minimum atomic E-state index is -4.21. The highest BCUT2D eigenvalue weighted by Crippen LogP contribution is 2.41. The molecule has 0 spiro atoms. The lowest BCUT2D eigenvalue weighted by molar-refractivity contribution is -0.306. The lowest BCUT2D eigenvalue weighted by Crippen LogP contribution is -2.57. The molecule has 6 amide bonds. The van der Waals surface area contributed by atoms with Gasteiger partial charge in [0.25, 0.3) is 15.6 Å². The van der Waals surface area contributed by atoms with Gasteiger partial charge < -0.3 is 66.1 Å². The molecule has 3 aliphatic rings. The summed E-state index contributed by atoms with van der Waals surface area (Å²) in [6, 6.07) is 23.3. The van der Waals surface area contributed by atoms with Gasteiger partial charge in [0.05, 0.1) is 40.0 Å². The molecule has 24 nitrogen and oxygen atoms in total. The minimum absolute atomic E-state index is 0.0498. The third-order valence-electron chi connectivity index (χ3n) is 15.3. The summed E-state index contributed by atoms with van der Waals surface area (Å²) >= 11 is 5.55. The van der Waals surface area contributed by atoms with Crippen LogP contribution in [-0.4, -0.2) is 101 Å². The van der Waals surface area contributed by atoms with Gasteiger partial charge in [0.15, 0.2) is 5.11 Å². The first-order chi connectivity index (χ1) is 41.6. The quantitative estimate of drug-likeness (QED) is 0.0237. The number of anilines is 4.